The van der Waals surface area contributed by atoms with Crippen molar-refractivity contribution in [3.05, 3.63) is 507 Å². The summed E-state index contributed by atoms with van der Waals surface area (Å²) in [6.07, 6.45) is 8.00. The van der Waals surface area contributed by atoms with Crippen LogP contribution in [0.2, 0.25) is 0 Å². The first-order valence-electron chi connectivity index (χ1n) is 44.9. The molecule has 0 radical (unpaired) electrons. The van der Waals surface area contributed by atoms with Crippen LogP contribution in [0.15, 0.2) is 424 Å². The second-order valence-corrected chi connectivity index (χ2v) is 36.1. The molecule has 0 fully saturated rings. The van der Waals surface area contributed by atoms with Crippen LogP contribution in [0.3, 0.4) is 0 Å². The zero-order chi connectivity index (χ0) is 88.8. The summed E-state index contributed by atoms with van der Waals surface area (Å²) in [6, 6.07) is 154. The number of rotatable bonds is 21. The molecule has 0 aliphatic carbocycles. The Hall–Kier alpha value is -13.9. The van der Waals surface area contributed by atoms with Gasteiger partial charge in [-0.2, -0.15) is 59.5 Å². The first-order valence-corrected chi connectivity index (χ1v) is 44.9. The van der Waals surface area contributed by atoms with Crippen LogP contribution in [0.5, 0.6) is 0 Å². The average Bonchev–Trinajstić information content (AvgIpc) is 1.41. The molecular weight excluding hydrogens is 1970 g/mol. The van der Waals surface area contributed by atoms with Crippen molar-refractivity contribution in [1.82, 2.24) is 19.1 Å². The Morgan fingerprint density at radius 1 is 0.303 bits per heavy atom. The van der Waals surface area contributed by atoms with Crippen molar-refractivity contribution in [1.29, 1.82) is 0 Å². The van der Waals surface area contributed by atoms with Crippen LogP contribution in [0.25, 0.3) is 66.4 Å². The number of anilines is 7. The molecule has 21 rings (SSSR count). The van der Waals surface area contributed by atoms with Crippen molar-refractivity contribution in [2.24, 2.45) is 0 Å². The van der Waals surface area contributed by atoms with Gasteiger partial charge in [0.1, 0.15) is 11.6 Å². The molecule has 0 amide bonds. The maximum absolute atomic E-state index is 4.81. The Labute approximate surface area is 806 Å². The molecule has 0 unspecified atom stereocenters. The summed E-state index contributed by atoms with van der Waals surface area (Å²) in [4.78, 5) is 20.9. The normalized spacial score (nSPS) is 12.9. The standard InChI is InChI=1S/C62H50N5.C58H50BN4.2Pt/c1-61(2,47-23-11-6-12-24-47)49-39-50(62(3,4)48-25-13-7-14-26-48)41-54(40-49)65-36-35-64(44-65)53-37-46(45-21-9-5-10-22-45)38-55(42-53)66(51-27-15-8-16-28-51)52-32-33-57-56-29-17-18-30-58(56)67(59(57)43-52)60-31-19-20-34-63-60;1-41-42(2)62(51-36-45(57(3,4)43-21-10-7-11-22-43)35-46(37-51)58(5,6)44-23-12-8-13-24-44)40-61(41)50-28-20-27-48(38-50)59(47-25-14-9-15-26-47)49-32-33-53-52-29-16-17-30-54(52)63(55(53)39-49)56-31-18-19-34-60-56;;/h5-41,44H,1-4H3;7-37,40H,1-6H3;;/q2*-3;;. The van der Waals surface area contributed by atoms with Gasteiger partial charge in [0.05, 0.1) is 0 Å². The molecule has 0 spiro atoms. The fourth-order valence-corrected chi connectivity index (χ4v) is 18.9. The predicted molar refractivity (Wildman–Crippen MR) is 543 cm³/mol. The molecule has 2 aliphatic rings. The zero-order valence-electron chi connectivity index (χ0n) is 75.6. The molecule has 0 atom stereocenters. The van der Waals surface area contributed by atoms with Crippen LogP contribution in [0.1, 0.15) is 114 Å². The quantitative estimate of drug-likeness (QED) is 0.0525. The number of hydrogen-bond donors (Lipinski definition) is 0. The number of aromatic nitrogens is 4. The number of benzene rings is 15. The zero-order valence-corrected chi connectivity index (χ0v) is 80.2. The smallest absolute Gasteiger partial charge is 0.191 e. The minimum atomic E-state index is -0.249. The topological polar surface area (TPSA) is 51.8 Å². The van der Waals surface area contributed by atoms with Gasteiger partial charge < -0.3 is 33.6 Å². The number of nitrogens with zero attached hydrogens (tertiary/aromatic N) is 9. The summed E-state index contributed by atoms with van der Waals surface area (Å²) in [6.45, 7) is 27.4. The second kappa shape index (κ2) is 37.2. The van der Waals surface area contributed by atoms with Gasteiger partial charge in [0.15, 0.2) is 6.71 Å². The Morgan fingerprint density at radius 2 is 0.727 bits per heavy atom. The van der Waals surface area contributed by atoms with E-state index in [2.05, 4.69) is 517 Å². The van der Waals surface area contributed by atoms with Crippen LogP contribution in [-0.4, -0.2) is 25.8 Å². The predicted octanol–water partition coefficient (Wildman–Crippen LogP) is 27.1. The van der Waals surface area contributed by atoms with E-state index < -0.39 is 0 Å². The molecule has 2 aliphatic heterocycles. The largest absolute Gasteiger partial charge is 0.500 e. The van der Waals surface area contributed by atoms with Gasteiger partial charge in [0, 0.05) is 116 Å². The van der Waals surface area contributed by atoms with Crippen LogP contribution in [0.4, 0.5) is 39.8 Å². The summed E-state index contributed by atoms with van der Waals surface area (Å²) in [5.74, 6) is 1.72. The fourth-order valence-electron chi connectivity index (χ4n) is 18.9. The number of hydrogen-bond acceptors (Lipinski definition) is 7. The maximum atomic E-state index is 4.81. The van der Waals surface area contributed by atoms with E-state index in [9.17, 15) is 0 Å². The molecule has 0 saturated heterocycles. The fraction of sp³-hybridized carbons (Fsp3) is 0.117. The average molecular weight is 2070 g/mol. The summed E-state index contributed by atoms with van der Waals surface area (Å²) >= 11 is 0. The maximum Gasteiger partial charge on any atom is 0.191 e. The number of para-hydroxylation sites is 3. The molecule has 654 valence electrons. The molecule has 9 nitrogen and oxygen atoms in total. The van der Waals surface area contributed by atoms with E-state index in [4.69, 9.17) is 9.97 Å². The summed E-state index contributed by atoms with van der Waals surface area (Å²) < 4.78 is 4.46. The van der Waals surface area contributed by atoms with Crippen molar-refractivity contribution in [2.45, 2.75) is 90.9 Å². The Bertz CT molecular complexity index is 7250. The summed E-state index contributed by atoms with van der Waals surface area (Å²) in [7, 11) is 0. The van der Waals surface area contributed by atoms with Gasteiger partial charge in [-0.25, -0.2) is 9.97 Å². The third-order valence-electron chi connectivity index (χ3n) is 26.9. The van der Waals surface area contributed by atoms with Gasteiger partial charge >= 0.3 is 0 Å². The molecule has 0 bridgehead atoms. The van der Waals surface area contributed by atoms with E-state index in [0.29, 0.717) is 0 Å². The molecular formula is C120H100BN9Pt2-6. The van der Waals surface area contributed by atoms with E-state index in [1.165, 1.54) is 61.1 Å². The monoisotopic (exact) mass is 2070 g/mol. The Kier molecular flexibility index (Phi) is 25.0. The molecule has 0 saturated carbocycles. The summed E-state index contributed by atoms with van der Waals surface area (Å²) in [5.41, 5.74) is 28.1. The van der Waals surface area contributed by atoms with Gasteiger partial charge in [-0.05, 0) is 160 Å². The second-order valence-electron chi connectivity index (χ2n) is 36.1. The van der Waals surface area contributed by atoms with Crippen LogP contribution < -0.4 is 40.9 Å². The van der Waals surface area contributed by atoms with E-state index in [1.807, 2.05) is 36.7 Å². The van der Waals surface area contributed by atoms with Crippen molar-refractivity contribution in [3.8, 4) is 22.8 Å². The van der Waals surface area contributed by atoms with Crippen molar-refractivity contribution < 1.29 is 42.1 Å². The number of allylic oxidation sites excluding steroid dienone is 2. The number of fused-ring (bicyclic) bond motifs is 6. The van der Waals surface area contributed by atoms with Crippen LogP contribution in [0, 0.1) is 37.6 Å². The Morgan fingerprint density at radius 3 is 1.23 bits per heavy atom. The van der Waals surface area contributed by atoms with E-state index in [-0.39, 0.29) is 70.5 Å². The van der Waals surface area contributed by atoms with Gasteiger partial charge in [-0.15, -0.1) is 71.4 Å². The molecule has 4 aromatic heterocycles. The van der Waals surface area contributed by atoms with E-state index >= 15 is 0 Å². The first kappa shape index (κ1) is 88.7. The Balaban J connectivity index is 0.000000175. The molecule has 6 heterocycles. The minimum absolute atomic E-state index is 0. The molecule has 12 heteroatoms. The van der Waals surface area contributed by atoms with Crippen molar-refractivity contribution in [3.63, 3.8) is 0 Å². The minimum Gasteiger partial charge on any atom is -0.500 e. The molecule has 19 aromatic rings. The van der Waals surface area contributed by atoms with Crippen molar-refractivity contribution >= 4 is 107 Å². The van der Waals surface area contributed by atoms with Crippen LogP contribution in [-0.2, 0) is 63.8 Å². The molecule has 15 aromatic carbocycles. The van der Waals surface area contributed by atoms with Crippen molar-refractivity contribution in [2.75, 3.05) is 24.5 Å². The van der Waals surface area contributed by atoms with E-state index in [0.717, 1.165) is 117 Å². The van der Waals surface area contributed by atoms with Crippen LogP contribution >= 0.6 is 0 Å². The van der Waals surface area contributed by atoms with Gasteiger partial charge in [0.2, 0.25) is 0 Å². The molecule has 132 heavy (non-hydrogen) atoms. The first-order chi connectivity index (χ1) is 63.3. The molecule has 0 N–H and O–H groups in total. The third kappa shape index (κ3) is 17.0. The van der Waals surface area contributed by atoms with Gasteiger partial charge in [-0.1, -0.05) is 344 Å². The summed E-state index contributed by atoms with van der Waals surface area (Å²) in [5, 5.41) is 4.61. The van der Waals surface area contributed by atoms with E-state index in [1.54, 1.807) is 0 Å². The van der Waals surface area contributed by atoms with Gasteiger partial charge in [0.25, 0.3) is 0 Å². The van der Waals surface area contributed by atoms with Gasteiger partial charge in [-0.3, -0.25) is 0 Å². The third-order valence-corrected chi connectivity index (χ3v) is 26.9. The number of pyridine rings is 2. The SMILES string of the molecule is CC(C)(c1ccccc1)c1cc(N2C=CN(c3[c-]c(N(c4[c-]c5c(cc4)c4ccccc4n5-c4ccccn4)c4ccccc4)cc(-c4ccccc4)c3)[CH-]2)cc(C(C)(C)c2ccccc2)c1.CC1=C(C)N(c2cc(C(C)(C)c3ccccc3)cc(C(C)(C)c3ccccc3)c2)[CH-]N1c1[c-]c(B(c2[c-]c3c(cc2)c2ccccc2n3-c2ccccn2)c2ccccc2)ccc1.[Pt].[Pt].